The van der Waals surface area contributed by atoms with Crippen LogP contribution in [0.2, 0.25) is 0 Å². The van der Waals surface area contributed by atoms with E-state index in [0.717, 1.165) is 61.8 Å². The number of ether oxygens (including phenoxy) is 1. The molecule has 0 bridgehead atoms. The summed E-state index contributed by atoms with van der Waals surface area (Å²) in [5.74, 6) is 1.81. The lowest BCUT2D eigenvalue weighted by Crippen LogP contribution is -2.50. The number of likely N-dealkylation sites (N-methyl/N-ethyl adjacent to an activating group) is 1. The van der Waals surface area contributed by atoms with E-state index in [1.807, 2.05) is 37.3 Å². The van der Waals surface area contributed by atoms with Crippen molar-refractivity contribution in [2.75, 3.05) is 43.9 Å². The van der Waals surface area contributed by atoms with Gasteiger partial charge in [0.2, 0.25) is 5.88 Å². The summed E-state index contributed by atoms with van der Waals surface area (Å²) < 4.78 is 6.07. The smallest absolute Gasteiger partial charge is 0.323 e. The van der Waals surface area contributed by atoms with E-state index in [-0.39, 0.29) is 6.03 Å². The first-order chi connectivity index (χ1) is 20.0. The van der Waals surface area contributed by atoms with Crippen LogP contribution in [0.15, 0.2) is 79.1 Å². The number of hydrogen-bond donors (Lipinski definition) is 2. The minimum absolute atomic E-state index is 0.305. The van der Waals surface area contributed by atoms with Crippen molar-refractivity contribution in [1.82, 2.24) is 24.8 Å². The predicted octanol–water partition coefficient (Wildman–Crippen LogP) is 5.72. The van der Waals surface area contributed by atoms with Gasteiger partial charge in [0.15, 0.2) is 0 Å². The quantitative estimate of drug-likeness (QED) is 0.275. The topological polar surface area (TPSA) is 95.5 Å². The van der Waals surface area contributed by atoms with E-state index in [1.165, 1.54) is 5.56 Å². The molecule has 2 aromatic heterocycles. The zero-order chi connectivity index (χ0) is 28.6. The molecule has 2 N–H and O–H groups in total. The van der Waals surface area contributed by atoms with Crippen molar-refractivity contribution in [3.8, 4) is 22.9 Å². The number of hydrogen-bond acceptors (Lipinski definition) is 7. The molecule has 1 saturated heterocycles. The van der Waals surface area contributed by atoms with E-state index in [0.29, 0.717) is 23.4 Å². The average Bonchev–Trinajstić information content (AvgIpc) is 3.00. The fourth-order valence-corrected chi connectivity index (χ4v) is 4.77. The molecular formula is C32H37N7O2. The molecule has 2 aromatic carbocycles. The molecule has 1 fully saturated rings. The molecular weight excluding hydrogens is 514 g/mol. The molecule has 41 heavy (non-hydrogen) atoms. The Morgan fingerprint density at radius 3 is 2.39 bits per heavy atom. The number of amides is 2. The van der Waals surface area contributed by atoms with Gasteiger partial charge in [-0.3, -0.25) is 0 Å². The number of carbonyl (C=O) groups excluding carboxylic acids is 1. The molecule has 1 atom stereocenters. The highest BCUT2D eigenvalue weighted by molar-refractivity contribution is 5.99. The lowest BCUT2D eigenvalue weighted by atomic mass is 10.1. The second-order valence-electron chi connectivity index (χ2n) is 10.4. The molecule has 3 heterocycles. The summed E-state index contributed by atoms with van der Waals surface area (Å²) in [5.41, 5.74) is 4.20. The molecule has 1 aliphatic heterocycles. The van der Waals surface area contributed by atoms with Crippen LogP contribution in [0.4, 0.5) is 16.2 Å². The first kappa shape index (κ1) is 28.2. The third-order valence-corrected chi connectivity index (χ3v) is 7.37. The number of nitrogens with zero attached hydrogens (tertiary/aromatic N) is 5. The normalized spacial score (nSPS) is 15.8. The maximum atomic E-state index is 12.6. The van der Waals surface area contributed by atoms with Gasteiger partial charge in [0, 0.05) is 62.4 Å². The summed E-state index contributed by atoms with van der Waals surface area (Å²) in [6.45, 7) is 8.68. The van der Waals surface area contributed by atoms with Crippen LogP contribution in [0.25, 0.3) is 11.3 Å². The number of urea groups is 1. The molecule has 4 aromatic rings. The molecule has 1 aliphatic rings. The van der Waals surface area contributed by atoms with Crippen LogP contribution in [0.3, 0.4) is 0 Å². The number of carbonyl (C=O) groups is 1. The third-order valence-electron chi connectivity index (χ3n) is 7.37. The predicted molar refractivity (Wildman–Crippen MR) is 162 cm³/mol. The molecule has 0 saturated carbocycles. The van der Waals surface area contributed by atoms with E-state index >= 15 is 0 Å². The first-order valence-corrected chi connectivity index (χ1v) is 14.1. The number of aromatic nitrogens is 3. The largest absolute Gasteiger partial charge is 0.438 e. The van der Waals surface area contributed by atoms with Crippen molar-refractivity contribution in [2.24, 2.45) is 0 Å². The Morgan fingerprint density at radius 2 is 1.68 bits per heavy atom. The van der Waals surface area contributed by atoms with E-state index in [2.05, 4.69) is 61.5 Å². The van der Waals surface area contributed by atoms with Gasteiger partial charge in [-0.2, -0.15) is 0 Å². The molecule has 212 valence electrons. The number of aryl methyl sites for hydroxylation is 1. The van der Waals surface area contributed by atoms with E-state index in [1.54, 1.807) is 36.7 Å². The molecule has 0 spiro atoms. The second-order valence-corrected chi connectivity index (χ2v) is 10.4. The van der Waals surface area contributed by atoms with Gasteiger partial charge in [-0.15, -0.1) is 0 Å². The second kappa shape index (κ2) is 13.3. The Labute approximate surface area is 241 Å². The fraction of sp³-hybridized carbons (Fsp3) is 0.312. The molecule has 5 rings (SSSR count). The monoisotopic (exact) mass is 551 g/mol. The average molecular weight is 552 g/mol. The summed E-state index contributed by atoms with van der Waals surface area (Å²) in [5, 5.41) is 5.78. The lowest BCUT2D eigenvalue weighted by molar-refractivity contribution is 0.106. The minimum Gasteiger partial charge on any atom is -0.438 e. The van der Waals surface area contributed by atoms with Gasteiger partial charge in [-0.25, -0.2) is 19.7 Å². The Hall–Kier alpha value is -4.34. The summed E-state index contributed by atoms with van der Waals surface area (Å²) >= 11 is 0. The van der Waals surface area contributed by atoms with Crippen LogP contribution in [0.1, 0.15) is 25.2 Å². The van der Waals surface area contributed by atoms with Crippen LogP contribution in [0.5, 0.6) is 11.6 Å². The molecule has 0 radical (unpaired) electrons. The Morgan fingerprint density at radius 1 is 0.951 bits per heavy atom. The Balaban J connectivity index is 1.12. The zero-order valence-corrected chi connectivity index (χ0v) is 23.9. The fourth-order valence-electron chi connectivity index (χ4n) is 4.77. The number of piperazine rings is 1. The van der Waals surface area contributed by atoms with Gasteiger partial charge in [0.05, 0.1) is 11.3 Å². The number of anilines is 2. The number of rotatable bonds is 9. The van der Waals surface area contributed by atoms with Crippen LogP contribution in [-0.2, 0) is 12.8 Å². The van der Waals surface area contributed by atoms with Gasteiger partial charge in [-0.05, 0) is 80.6 Å². The SMILES string of the molecule is CCc1nccc(-c2cccnc2Oc2ccc(NC(=O)Nc3ccc(CCN4CCN(C)C(C)C4)cc3)cc2)n1. The van der Waals surface area contributed by atoms with Gasteiger partial charge in [-0.1, -0.05) is 19.1 Å². The highest BCUT2D eigenvalue weighted by Crippen LogP contribution is 2.30. The van der Waals surface area contributed by atoms with E-state index < -0.39 is 0 Å². The number of pyridine rings is 1. The summed E-state index contributed by atoms with van der Waals surface area (Å²) in [6.07, 6.45) is 5.17. The van der Waals surface area contributed by atoms with Crippen LogP contribution < -0.4 is 15.4 Å². The molecule has 1 unspecified atom stereocenters. The van der Waals surface area contributed by atoms with Crippen LogP contribution in [-0.4, -0.2) is 70.1 Å². The van der Waals surface area contributed by atoms with Crippen molar-refractivity contribution in [3.05, 3.63) is 90.5 Å². The maximum Gasteiger partial charge on any atom is 0.323 e. The van der Waals surface area contributed by atoms with Gasteiger partial charge >= 0.3 is 6.03 Å². The Bertz CT molecular complexity index is 1440. The van der Waals surface area contributed by atoms with Gasteiger partial charge < -0.3 is 25.2 Å². The standard InChI is InChI=1S/C32H37N7O2/c1-4-30-33-18-15-29(37-30)28-6-5-17-34-31(28)41-27-13-11-26(12-14-27)36-32(40)35-25-9-7-24(8-10-25)16-19-39-21-20-38(3)23(2)22-39/h5-15,17-18,23H,4,16,19-22H2,1-3H3,(H2,35,36,40). The third kappa shape index (κ3) is 7.65. The number of nitrogens with one attached hydrogen (secondary N) is 2. The molecule has 2 amide bonds. The van der Waals surface area contributed by atoms with E-state index in [9.17, 15) is 4.79 Å². The van der Waals surface area contributed by atoms with Crippen molar-refractivity contribution in [3.63, 3.8) is 0 Å². The number of benzene rings is 2. The van der Waals surface area contributed by atoms with Crippen LogP contribution >= 0.6 is 0 Å². The van der Waals surface area contributed by atoms with Crippen molar-refractivity contribution in [2.45, 2.75) is 32.7 Å². The lowest BCUT2D eigenvalue weighted by Gasteiger charge is -2.37. The van der Waals surface area contributed by atoms with Crippen molar-refractivity contribution >= 4 is 17.4 Å². The summed E-state index contributed by atoms with van der Waals surface area (Å²) in [7, 11) is 2.19. The van der Waals surface area contributed by atoms with Gasteiger partial charge in [0.25, 0.3) is 0 Å². The molecule has 9 nitrogen and oxygen atoms in total. The molecule has 9 heteroatoms. The molecule has 0 aliphatic carbocycles. The highest BCUT2D eigenvalue weighted by atomic mass is 16.5. The van der Waals surface area contributed by atoms with Crippen molar-refractivity contribution in [1.29, 1.82) is 0 Å². The Kier molecular flexibility index (Phi) is 9.18. The van der Waals surface area contributed by atoms with Gasteiger partial charge in [0.1, 0.15) is 11.6 Å². The zero-order valence-electron chi connectivity index (χ0n) is 23.9. The first-order valence-electron chi connectivity index (χ1n) is 14.1. The minimum atomic E-state index is -0.305. The van der Waals surface area contributed by atoms with E-state index in [4.69, 9.17) is 4.74 Å². The highest BCUT2D eigenvalue weighted by Gasteiger charge is 2.20. The summed E-state index contributed by atoms with van der Waals surface area (Å²) in [6, 6.07) is 21.1. The summed E-state index contributed by atoms with van der Waals surface area (Å²) in [4.78, 5) is 30.8. The van der Waals surface area contributed by atoms with Crippen LogP contribution in [0, 0.1) is 0 Å². The maximum absolute atomic E-state index is 12.6. The van der Waals surface area contributed by atoms with Crippen molar-refractivity contribution < 1.29 is 9.53 Å².